The molecule has 0 unspecified atom stereocenters. The molecule has 0 atom stereocenters. The standard InChI is InChI=1S/C7H8IN3/c8-11-6-1-2-7(10)5(3-6)4-9/h1-4,9,11H,10H2. The van der Waals surface area contributed by atoms with Gasteiger partial charge in [-0.2, -0.15) is 0 Å². The molecule has 4 N–H and O–H groups in total. The summed E-state index contributed by atoms with van der Waals surface area (Å²) in [5, 5.41) is 7.02. The van der Waals surface area contributed by atoms with E-state index in [1.165, 1.54) is 6.21 Å². The fraction of sp³-hybridized carbons (Fsp3) is 0. The van der Waals surface area contributed by atoms with E-state index in [0.29, 0.717) is 5.69 Å². The molecule has 1 rings (SSSR count). The maximum absolute atomic E-state index is 7.02. The molecule has 4 heteroatoms. The Morgan fingerprint density at radius 1 is 1.55 bits per heavy atom. The van der Waals surface area contributed by atoms with Crippen LogP contribution in [0.2, 0.25) is 0 Å². The molecule has 0 aliphatic rings. The Bertz CT molecular complexity index is 272. The lowest BCUT2D eigenvalue weighted by molar-refractivity contribution is 1.54. The molecule has 1 aromatic rings. The van der Waals surface area contributed by atoms with Crippen LogP contribution < -0.4 is 9.26 Å². The Morgan fingerprint density at radius 2 is 2.27 bits per heavy atom. The van der Waals surface area contributed by atoms with Crippen molar-refractivity contribution in [3.8, 4) is 0 Å². The molecule has 3 nitrogen and oxygen atoms in total. The third-order valence-corrected chi connectivity index (χ3v) is 1.97. The van der Waals surface area contributed by atoms with Gasteiger partial charge in [0.2, 0.25) is 0 Å². The fourth-order valence-corrected chi connectivity index (χ4v) is 1.09. The van der Waals surface area contributed by atoms with E-state index in [1.807, 2.05) is 35.0 Å². The lowest BCUT2D eigenvalue weighted by Crippen LogP contribution is -1.93. The molecule has 0 aromatic heterocycles. The zero-order valence-electron chi connectivity index (χ0n) is 5.76. The molecule has 11 heavy (non-hydrogen) atoms. The van der Waals surface area contributed by atoms with Gasteiger partial charge in [0.25, 0.3) is 0 Å². The second-order valence-corrected chi connectivity index (χ2v) is 2.62. The monoisotopic (exact) mass is 261 g/mol. The van der Waals surface area contributed by atoms with E-state index in [9.17, 15) is 0 Å². The maximum atomic E-state index is 7.02. The van der Waals surface area contributed by atoms with E-state index in [-0.39, 0.29) is 0 Å². The number of hydrogen-bond donors (Lipinski definition) is 3. The van der Waals surface area contributed by atoms with Crippen LogP contribution in [0, 0.1) is 5.41 Å². The summed E-state index contributed by atoms with van der Waals surface area (Å²) in [5.74, 6) is 0. The van der Waals surface area contributed by atoms with Crippen molar-refractivity contribution in [2.24, 2.45) is 0 Å². The number of nitrogens with one attached hydrogen (secondary N) is 2. The molecule has 0 radical (unpaired) electrons. The summed E-state index contributed by atoms with van der Waals surface area (Å²) in [6.45, 7) is 0. The van der Waals surface area contributed by atoms with E-state index >= 15 is 0 Å². The average molecular weight is 261 g/mol. The van der Waals surface area contributed by atoms with Crippen molar-refractivity contribution in [2.45, 2.75) is 0 Å². The predicted molar refractivity (Wildman–Crippen MR) is 56.4 cm³/mol. The van der Waals surface area contributed by atoms with Crippen LogP contribution in [0.25, 0.3) is 0 Å². The van der Waals surface area contributed by atoms with E-state index in [0.717, 1.165) is 11.3 Å². The van der Waals surface area contributed by atoms with E-state index in [2.05, 4.69) is 3.53 Å². The summed E-state index contributed by atoms with van der Waals surface area (Å²) in [6, 6.07) is 5.48. The zero-order valence-corrected chi connectivity index (χ0v) is 7.92. The minimum atomic E-state index is 0.635. The smallest absolute Gasteiger partial charge is 0.0560 e. The molecule has 0 aliphatic carbocycles. The first-order chi connectivity index (χ1) is 5.27. The van der Waals surface area contributed by atoms with Crippen LogP contribution in [0.3, 0.4) is 0 Å². The van der Waals surface area contributed by atoms with Crippen molar-refractivity contribution in [1.82, 2.24) is 0 Å². The summed E-state index contributed by atoms with van der Waals surface area (Å²) >= 11 is 2.03. The SMILES string of the molecule is N=Cc1cc(NI)ccc1N. The normalized spacial score (nSPS) is 9.18. The Hall–Kier alpha value is -0.780. The minimum Gasteiger partial charge on any atom is -0.398 e. The summed E-state index contributed by atoms with van der Waals surface area (Å²) in [7, 11) is 0. The van der Waals surface area contributed by atoms with Gasteiger partial charge in [-0.15, -0.1) is 0 Å². The van der Waals surface area contributed by atoms with Crippen molar-refractivity contribution in [1.29, 1.82) is 5.41 Å². The van der Waals surface area contributed by atoms with Crippen LogP contribution in [0.15, 0.2) is 18.2 Å². The van der Waals surface area contributed by atoms with Crippen molar-refractivity contribution < 1.29 is 0 Å². The number of anilines is 2. The third kappa shape index (κ3) is 1.83. The van der Waals surface area contributed by atoms with Gasteiger partial charge in [0.15, 0.2) is 0 Å². The van der Waals surface area contributed by atoms with Crippen molar-refractivity contribution in [3.05, 3.63) is 23.8 Å². The topological polar surface area (TPSA) is 61.9 Å². The van der Waals surface area contributed by atoms with Gasteiger partial charge in [0, 0.05) is 23.2 Å². The van der Waals surface area contributed by atoms with Crippen LogP contribution in [-0.4, -0.2) is 6.21 Å². The highest BCUT2D eigenvalue weighted by Gasteiger charge is 1.95. The van der Waals surface area contributed by atoms with Gasteiger partial charge in [-0.05, 0) is 18.2 Å². The van der Waals surface area contributed by atoms with Gasteiger partial charge in [-0.25, -0.2) is 0 Å². The first-order valence-electron chi connectivity index (χ1n) is 3.04. The maximum Gasteiger partial charge on any atom is 0.0560 e. The van der Waals surface area contributed by atoms with Crippen LogP contribution in [0.4, 0.5) is 11.4 Å². The Labute approximate surface area is 79.0 Å². The van der Waals surface area contributed by atoms with Gasteiger partial charge in [0.05, 0.1) is 22.9 Å². The lowest BCUT2D eigenvalue weighted by atomic mass is 10.2. The molecular weight excluding hydrogens is 253 g/mol. The molecule has 0 spiro atoms. The highest BCUT2D eigenvalue weighted by molar-refractivity contribution is 14.1. The number of nitrogens with two attached hydrogens (primary N) is 1. The average Bonchev–Trinajstić information content (AvgIpc) is 2.05. The molecule has 1 aromatic carbocycles. The molecule has 0 aliphatic heterocycles. The van der Waals surface area contributed by atoms with Crippen molar-refractivity contribution in [2.75, 3.05) is 9.26 Å². The number of halogens is 1. The predicted octanol–water partition coefficient (Wildman–Crippen LogP) is 2.03. The summed E-state index contributed by atoms with van der Waals surface area (Å²) in [6.07, 6.45) is 1.24. The lowest BCUT2D eigenvalue weighted by Gasteiger charge is -2.01. The Balaban J connectivity index is 3.12. The van der Waals surface area contributed by atoms with Gasteiger partial charge in [-0.1, -0.05) is 0 Å². The van der Waals surface area contributed by atoms with Gasteiger partial charge >= 0.3 is 0 Å². The highest BCUT2D eigenvalue weighted by Crippen LogP contribution is 2.16. The number of nitrogen functional groups attached to an aromatic ring is 1. The molecule has 0 saturated carbocycles. The number of rotatable bonds is 2. The molecule has 0 heterocycles. The van der Waals surface area contributed by atoms with Crippen LogP contribution >= 0.6 is 22.9 Å². The number of hydrogen-bond acceptors (Lipinski definition) is 3. The quantitative estimate of drug-likeness (QED) is 0.330. The van der Waals surface area contributed by atoms with E-state index < -0.39 is 0 Å². The summed E-state index contributed by atoms with van der Waals surface area (Å²) in [5.41, 5.74) is 7.91. The second kappa shape index (κ2) is 3.56. The summed E-state index contributed by atoms with van der Waals surface area (Å²) < 4.78 is 2.94. The third-order valence-electron chi connectivity index (χ3n) is 1.35. The van der Waals surface area contributed by atoms with Crippen molar-refractivity contribution in [3.63, 3.8) is 0 Å². The Morgan fingerprint density at radius 3 is 2.82 bits per heavy atom. The van der Waals surface area contributed by atoms with E-state index in [1.54, 1.807) is 6.07 Å². The van der Waals surface area contributed by atoms with Crippen LogP contribution in [0.1, 0.15) is 5.56 Å². The Kier molecular flexibility index (Phi) is 2.70. The first-order valence-corrected chi connectivity index (χ1v) is 4.12. The highest BCUT2D eigenvalue weighted by atomic mass is 127. The molecule has 0 amide bonds. The zero-order chi connectivity index (χ0) is 8.27. The first kappa shape index (κ1) is 8.32. The minimum absolute atomic E-state index is 0.635. The van der Waals surface area contributed by atoms with Crippen molar-refractivity contribution >= 4 is 40.5 Å². The number of benzene rings is 1. The largest absolute Gasteiger partial charge is 0.398 e. The van der Waals surface area contributed by atoms with Crippen LogP contribution in [-0.2, 0) is 0 Å². The molecule has 0 fully saturated rings. The molecule has 58 valence electrons. The second-order valence-electron chi connectivity index (χ2n) is 2.08. The summed E-state index contributed by atoms with van der Waals surface area (Å²) in [4.78, 5) is 0. The molecule has 0 saturated heterocycles. The van der Waals surface area contributed by atoms with Gasteiger partial charge in [-0.3, -0.25) is 0 Å². The van der Waals surface area contributed by atoms with Gasteiger partial charge < -0.3 is 14.7 Å². The molecule has 0 bridgehead atoms. The van der Waals surface area contributed by atoms with Gasteiger partial charge in [0.1, 0.15) is 0 Å². The van der Waals surface area contributed by atoms with E-state index in [4.69, 9.17) is 11.1 Å². The fourth-order valence-electron chi connectivity index (χ4n) is 0.759. The molecular formula is C7H8IN3. The van der Waals surface area contributed by atoms with Crippen LogP contribution in [0.5, 0.6) is 0 Å².